The fourth-order valence-corrected chi connectivity index (χ4v) is 6.30. The fraction of sp³-hybridized carbons (Fsp3) is 0.739. The van der Waals surface area contributed by atoms with E-state index in [2.05, 4.69) is 39.8 Å². The SMILES string of the molecule is CCC1=CCC2(C)C(C1CCC1=CC(=O)CCC1)[C@H](C)[C@H](C)[C@@H]2C#N. The summed E-state index contributed by atoms with van der Waals surface area (Å²) in [6, 6.07) is 2.66. The summed E-state index contributed by atoms with van der Waals surface area (Å²) in [4.78, 5) is 11.7. The maximum Gasteiger partial charge on any atom is 0.155 e. The summed E-state index contributed by atoms with van der Waals surface area (Å²) < 4.78 is 0. The lowest BCUT2D eigenvalue weighted by atomic mass is 9.59. The molecular formula is C23H33NO. The number of carbonyl (C=O) groups is 1. The molecule has 136 valence electrons. The highest BCUT2D eigenvalue weighted by Gasteiger charge is 2.57. The predicted octanol–water partition coefficient (Wildman–Crippen LogP) is 5.85. The van der Waals surface area contributed by atoms with E-state index in [9.17, 15) is 10.1 Å². The van der Waals surface area contributed by atoms with Gasteiger partial charge in [-0.3, -0.25) is 4.79 Å². The molecule has 0 bridgehead atoms. The molecule has 3 aliphatic carbocycles. The number of nitriles is 1. The van der Waals surface area contributed by atoms with Crippen LogP contribution in [0.3, 0.4) is 0 Å². The minimum absolute atomic E-state index is 0.119. The molecule has 3 aliphatic rings. The van der Waals surface area contributed by atoms with Crippen LogP contribution in [0, 0.1) is 46.3 Å². The van der Waals surface area contributed by atoms with Gasteiger partial charge >= 0.3 is 0 Å². The number of nitrogens with zero attached hydrogens (tertiary/aromatic N) is 1. The monoisotopic (exact) mass is 339 g/mol. The Labute approximate surface area is 153 Å². The molecule has 3 rings (SSSR count). The number of hydrogen-bond acceptors (Lipinski definition) is 2. The van der Waals surface area contributed by atoms with Crippen LogP contribution in [0.15, 0.2) is 23.3 Å². The van der Waals surface area contributed by atoms with Crippen molar-refractivity contribution in [3.63, 3.8) is 0 Å². The zero-order valence-electron chi connectivity index (χ0n) is 16.3. The quantitative estimate of drug-likeness (QED) is 0.603. The van der Waals surface area contributed by atoms with Crippen molar-refractivity contribution >= 4 is 5.78 Å². The lowest BCUT2D eigenvalue weighted by molar-refractivity contribution is -0.115. The molecule has 0 radical (unpaired) electrons. The molecule has 0 N–H and O–H groups in total. The van der Waals surface area contributed by atoms with E-state index in [4.69, 9.17) is 0 Å². The van der Waals surface area contributed by atoms with Gasteiger partial charge in [0.15, 0.2) is 5.78 Å². The van der Waals surface area contributed by atoms with Gasteiger partial charge in [0.2, 0.25) is 0 Å². The lowest BCUT2D eigenvalue weighted by Gasteiger charge is -2.45. The number of allylic oxidation sites excluding steroid dienone is 4. The number of carbonyl (C=O) groups excluding carboxylic acids is 1. The first-order valence-corrected chi connectivity index (χ1v) is 10.2. The second-order valence-corrected chi connectivity index (χ2v) is 8.96. The van der Waals surface area contributed by atoms with E-state index in [1.807, 2.05) is 6.08 Å². The Morgan fingerprint density at radius 1 is 1.28 bits per heavy atom. The molecule has 1 fully saturated rings. The Kier molecular flexibility index (Phi) is 5.24. The molecule has 0 spiro atoms. The summed E-state index contributed by atoms with van der Waals surface area (Å²) in [6.07, 6.45) is 11.6. The first-order chi connectivity index (χ1) is 11.9. The number of rotatable bonds is 4. The standard InChI is InChI=1S/C23H33NO/c1-5-18-11-12-23(4)21(14-24)15(2)16(3)22(23)20(18)10-9-17-7-6-8-19(25)13-17/h11,13,15-16,20-22H,5-10,12H2,1-4H3/t15-,16+,20?,21-,22?,23?/m0/s1. The van der Waals surface area contributed by atoms with Crippen LogP contribution in [0.1, 0.15) is 72.6 Å². The molecule has 0 saturated heterocycles. The summed E-state index contributed by atoms with van der Waals surface area (Å²) in [5.41, 5.74) is 3.07. The average molecular weight is 340 g/mol. The van der Waals surface area contributed by atoms with Crippen molar-refractivity contribution < 1.29 is 4.79 Å². The van der Waals surface area contributed by atoms with Crippen molar-refractivity contribution in [2.75, 3.05) is 0 Å². The van der Waals surface area contributed by atoms with Gasteiger partial charge in [-0.1, -0.05) is 44.9 Å². The van der Waals surface area contributed by atoms with Crippen LogP contribution >= 0.6 is 0 Å². The normalized spacial score (nSPS) is 40.9. The van der Waals surface area contributed by atoms with Crippen molar-refractivity contribution in [3.8, 4) is 6.07 Å². The Bertz CT molecular complexity index is 637. The van der Waals surface area contributed by atoms with Gasteiger partial charge < -0.3 is 0 Å². The summed E-state index contributed by atoms with van der Waals surface area (Å²) in [5, 5.41) is 9.81. The van der Waals surface area contributed by atoms with Crippen molar-refractivity contribution in [1.82, 2.24) is 0 Å². The molecule has 2 nitrogen and oxygen atoms in total. The Balaban J connectivity index is 1.85. The molecule has 0 aromatic heterocycles. The lowest BCUT2D eigenvalue weighted by Crippen LogP contribution is -2.38. The number of ketones is 1. The third-order valence-electron chi connectivity index (χ3n) is 7.72. The van der Waals surface area contributed by atoms with Gasteiger partial charge in [0, 0.05) is 6.42 Å². The third kappa shape index (κ3) is 3.12. The Hall–Kier alpha value is -1.36. The van der Waals surface area contributed by atoms with E-state index >= 15 is 0 Å². The number of fused-ring (bicyclic) bond motifs is 1. The highest BCUT2D eigenvalue weighted by molar-refractivity contribution is 5.91. The summed E-state index contributed by atoms with van der Waals surface area (Å²) in [6.45, 7) is 9.30. The summed E-state index contributed by atoms with van der Waals surface area (Å²) in [7, 11) is 0. The highest BCUT2D eigenvalue weighted by atomic mass is 16.1. The van der Waals surface area contributed by atoms with Gasteiger partial charge in [0.25, 0.3) is 0 Å². The second-order valence-electron chi connectivity index (χ2n) is 8.96. The van der Waals surface area contributed by atoms with Crippen molar-refractivity contribution in [2.24, 2.45) is 35.0 Å². The van der Waals surface area contributed by atoms with Crippen molar-refractivity contribution in [1.29, 1.82) is 5.26 Å². The first kappa shape index (κ1) is 18.4. The Morgan fingerprint density at radius 3 is 2.68 bits per heavy atom. The van der Waals surface area contributed by atoms with Crippen LogP contribution < -0.4 is 0 Å². The van der Waals surface area contributed by atoms with Gasteiger partial charge in [-0.2, -0.15) is 5.26 Å². The van der Waals surface area contributed by atoms with Crippen molar-refractivity contribution in [3.05, 3.63) is 23.3 Å². The molecule has 3 unspecified atom stereocenters. The van der Waals surface area contributed by atoms with E-state index in [1.54, 1.807) is 5.57 Å². The topological polar surface area (TPSA) is 40.9 Å². The van der Waals surface area contributed by atoms with E-state index < -0.39 is 0 Å². The zero-order chi connectivity index (χ0) is 18.2. The number of hydrogen-bond donors (Lipinski definition) is 0. The predicted molar refractivity (Wildman–Crippen MR) is 102 cm³/mol. The van der Waals surface area contributed by atoms with Crippen LogP contribution in [-0.2, 0) is 4.79 Å². The van der Waals surface area contributed by atoms with Crippen LogP contribution in [0.5, 0.6) is 0 Å². The molecule has 25 heavy (non-hydrogen) atoms. The minimum Gasteiger partial charge on any atom is -0.295 e. The molecule has 1 saturated carbocycles. The van der Waals surface area contributed by atoms with Gasteiger partial charge in [-0.05, 0) is 73.7 Å². The largest absolute Gasteiger partial charge is 0.295 e. The molecule has 6 atom stereocenters. The van der Waals surface area contributed by atoms with Gasteiger partial charge in [0.1, 0.15) is 0 Å². The van der Waals surface area contributed by atoms with E-state index in [0.717, 1.165) is 44.9 Å². The molecule has 0 heterocycles. The van der Waals surface area contributed by atoms with Crippen LogP contribution in [0.4, 0.5) is 0 Å². The molecular weight excluding hydrogens is 306 g/mol. The molecule has 0 aliphatic heterocycles. The molecule has 0 aromatic carbocycles. The average Bonchev–Trinajstić information content (AvgIpc) is 2.79. The minimum atomic E-state index is 0.119. The molecule has 0 amide bonds. The smallest absolute Gasteiger partial charge is 0.155 e. The zero-order valence-corrected chi connectivity index (χ0v) is 16.3. The van der Waals surface area contributed by atoms with E-state index in [1.165, 1.54) is 5.57 Å². The summed E-state index contributed by atoms with van der Waals surface area (Å²) in [5.74, 6) is 2.73. The highest BCUT2D eigenvalue weighted by Crippen LogP contribution is 2.62. The van der Waals surface area contributed by atoms with Gasteiger partial charge in [-0.25, -0.2) is 0 Å². The molecule has 2 heteroatoms. The van der Waals surface area contributed by atoms with Gasteiger partial charge in [-0.15, -0.1) is 0 Å². The fourth-order valence-electron chi connectivity index (χ4n) is 6.30. The van der Waals surface area contributed by atoms with Crippen LogP contribution in [0.25, 0.3) is 0 Å². The maximum absolute atomic E-state index is 11.7. The third-order valence-corrected chi connectivity index (χ3v) is 7.72. The maximum atomic E-state index is 11.7. The molecule has 0 aromatic rings. The Morgan fingerprint density at radius 2 is 2.04 bits per heavy atom. The summed E-state index contributed by atoms with van der Waals surface area (Å²) >= 11 is 0. The van der Waals surface area contributed by atoms with Crippen LogP contribution in [0.2, 0.25) is 0 Å². The van der Waals surface area contributed by atoms with E-state index in [0.29, 0.717) is 29.5 Å². The van der Waals surface area contributed by atoms with E-state index in [-0.39, 0.29) is 11.3 Å². The second kappa shape index (κ2) is 7.10. The van der Waals surface area contributed by atoms with Crippen molar-refractivity contribution in [2.45, 2.75) is 72.6 Å². The van der Waals surface area contributed by atoms with Crippen LogP contribution in [-0.4, -0.2) is 5.78 Å². The first-order valence-electron chi connectivity index (χ1n) is 10.2. The van der Waals surface area contributed by atoms with Gasteiger partial charge in [0.05, 0.1) is 12.0 Å².